The lowest BCUT2D eigenvalue weighted by atomic mass is 9.94. The van der Waals surface area contributed by atoms with Crippen molar-refractivity contribution in [2.24, 2.45) is 17.6 Å². The minimum absolute atomic E-state index is 0. The summed E-state index contributed by atoms with van der Waals surface area (Å²) < 4.78 is 38.5. The Balaban J connectivity index is 0.00000280. The predicted octanol–water partition coefficient (Wildman–Crippen LogP) is 2.79. The van der Waals surface area contributed by atoms with Gasteiger partial charge < -0.3 is 15.5 Å². The molecule has 2 amide bonds. The van der Waals surface area contributed by atoms with Gasteiger partial charge in [-0.1, -0.05) is 12.5 Å². The second-order valence-electron chi connectivity index (χ2n) is 7.23. The normalized spacial score (nSPS) is 22.7. The van der Waals surface area contributed by atoms with Gasteiger partial charge in [0, 0.05) is 37.7 Å². The molecule has 1 aromatic carbocycles. The lowest BCUT2D eigenvalue weighted by Crippen LogP contribution is -2.52. The van der Waals surface area contributed by atoms with Crippen molar-refractivity contribution in [3.05, 3.63) is 35.4 Å². The van der Waals surface area contributed by atoms with Crippen molar-refractivity contribution in [1.82, 2.24) is 9.80 Å². The lowest BCUT2D eigenvalue weighted by Gasteiger charge is -2.36. The number of hydrogen-bond acceptors (Lipinski definition) is 3. The van der Waals surface area contributed by atoms with E-state index in [1.807, 2.05) is 0 Å². The quantitative estimate of drug-likeness (QED) is 0.819. The van der Waals surface area contributed by atoms with Crippen LogP contribution in [0.25, 0.3) is 0 Å². The van der Waals surface area contributed by atoms with Crippen LogP contribution in [0.4, 0.5) is 13.2 Å². The van der Waals surface area contributed by atoms with Crippen LogP contribution in [0, 0.1) is 11.8 Å². The molecule has 1 saturated carbocycles. The molecule has 9 heteroatoms. The predicted molar refractivity (Wildman–Crippen MR) is 101 cm³/mol. The third-order valence-electron chi connectivity index (χ3n) is 5.59. The molecule has 5 nitrogen and oxygen atoms in total. The molecule has 156 valence electrons. The van der Waals surface area contributed by atoms with Gasteiger partial charge in [0.05, 0.1) is 5.56 Å². The largest absolute Gasteiger partial charge is 0.416 e. The smallest absolute Gasteiger partial charge is 0.339 e. The summed E-state index contributed by atoms with van der Waals surface area (Å²) in [5.74, 6) is -0.161. The van der Waals surface area contributed by atoms with Gasteiger partial charge in [-0.2, -0.15) is 13.2 Å². The van der Waals surface area contributed by atoms with Crippen molar-refractivity contribution >= 4 is 24.2 Å². The van der Waals surface area contributed by atoms with Gasteiger partial charge >= 0.3 is 6.18 Å². The second kappa shape index (κ2) is 9.13. The molecule has 2 aliphatic rings. The van der Waals surface area contributed by atoms with Crippen LogP contribution in [0.1, 0.15) is 35.2 Å². The zero-order chi connectivity index (χ0) is 19.6. The van der Waals surface area contributed by atoms with Crippen LogP contribution in [-0.2, 0) is 11.0 Å². The van der Waals surface area contributed by atoms with E-state index in [4.69, 9.17) is 5.73 Å². The molecule has 1 aromatic rings. The van der Waals surface area contributed by atoms with Crippen molar-refractivity contribution < 1.29 is 22.8 Å². The third kappa shape index (κ3) is 4.78. The summed E-state index contributed by atoms with van der Waals surface area (Å²) in [5, 5.41) is 0. The summed E-state index contributed by atoms with van der Waals surface area (Å²) in [7, 11) is 0. The Bertz CT molecular complexity index is 706. The minimum Gasteiger partial charge on any atom is -0.339 e. The number of nitrogens with two attached hydrogens (primary N) is 1. The SMILES string of the molecule is Cl.NC[C@H]1CCC[C@H]1C(=O)N1CCN(C(=O)c2cccc(C(F)(F)F)c2)CC1. The molecule has 0 bridgehead atoms. The lowest BCUT2D eigenvalue weighted by molar-refractivity contribution is -0.138. The van der Waals surface area contributed by atoms with Crippen molar-refractivity contribution in [3.8, 4) is 0 Å². The monoisotopic (exact) mass is 419 g/mol. The molecule has 2 N–H and O–H groups in total. The van der Waals surface area contributed by atoms with E-state index in [0.29, 0.717) is 32.7 Å². The number of rotatable bonds is 3. The minimum atomic E-state index is -4.48. The van der Waals surface area contributed by atoms with Crippen LogP contribution in [0.2, 0.25) is 0 Å². The summed E-state index contributed by atoms with van der Waals surface area (Å²) >= 11 is 0. The molecule has 28 heavy (non-hydrogen) atoms. The standard InChI is InChI=1S/C19H24F3N3O2.ClH/c20-19(21,22)15-5-1-3-13(11-15)17(26)24-7-9-25(10-8-24)18(27)16-6-2-4-14(16)12-23;/h1,3,5,11,14,16H,2,4,6-10,12,23H2;1H/t14-,16-;/m1./s1. The fourth-order valence-corrected chi connectivity index (χ4v) is 4.02. The molecular weight excluding hydrogens is 395 g/mol. The average Bonchev–Trinajstić information content (AvgIpc) is 3.15. The second-order valence-corrected chi connectivity index (χ2v) is 7.23. The Labute approximate surface area is 168 Å². The molecule has 2 fully saturated rings. The number of benzene rings is 1. The Kier molecular flexibility index (Phi) is 7.33. The van der Waals surface area contributed by atoms with Gasteiger partial charge in [-0.3, -0.25) is 9.59 Å². The van der Waals surface area contributed by atoms with Crippen LogP contribution in [0.15, 0.2) is 24.3 Å². The highest BCUT2D eigenvalue weighted by atomic mass is 35.5. The molecule has 1 aliphatic heterocycles. The molecule has 1 saturated heterocycles. The fourth-order valence-electron chi connectivity index (χ4n) is 4.02. The van der Waals surface area contributed by atoms with Gasteiger partial charge in [-0.05, 0) is 43.5 Å². The number of hydrogen-bond donors (Lipinski definition) is 1. The average molecular weight is 420 g/mol. The van der Waals surface area contributed by atoms with Crippen LogP contribution in [0.3, 0.4) is 0 Å². The first-order valence-corrected chi connectivity index (χ1v) is 9.26. The highest BCUT2D eigenvalue weighted by Crippen LogP contribution is 2.33. The van der Waals surface area contributed by atoms with Crippen LogP contribution < -0.4 is 5.73 Å². The fraction of sp³-hybridized carbons (Fsp3) is 0.579. The first-order valence-electron chi connectivity index (χ1n) is 9.26. The Hall–Kier alpha value is -1.80. The summed E-state index contributed by atoms with van der Waals surface area (Å²) in [5.41, 5.74) is 4.94. The summed E-state index contributed by atoms with van der Waals surface area (Å²) in [4.78, 5) is 28.5. The molecule has 0 radical (unpaired) electrons. The van der Waals surface area contributed by atoms with Crippen molar-refractivity contribution in [2.75, 3.05) is 32.7 Å². The Morgan fingerprint density at radius 2 is 1.71 bits per heavy atom. The molecule has 3 rings (SSSR count). The Morgan fingerprint density at radius 3 is 2.32 bits per heavy atom. The zero-order valence-corrected chi connectivity index (χ0v) is 16.3. The van der Waals surface area contributed by atoms with Crippen LogP contribution in [0.5, 0.6) is 0 Å². The molecule has 0 unspecified atom stereocenters. The zero-order valence-electron chi connectivity index (χ0n) is 15.5. The first kappa shape index (κ1) is 22.5. The number of carbonyl (C=O) groups is 2. The van der Waals surface area contributed by atoms with Crippen LogP contribution in [-0.4, -0.2) is 54.3 Å². The topological polar surface area (TPSA) is 66.6 Å². The van der Waals surface area contributed by atoms with E-state index in [0.717, 1.165) is 31.4 Å². The van der Waals surface area contributed by atoms with Gasteiger partial charge in [0.15, 0.2) is 0 Å². The summed E-state index contributed by atoms with van der Waals surface area (Å²) in [6, 6.07) is 4.45. The highest BCUT2D eigenvalue weighted by Gasteiger charge is 2.36. The molecular formula is C19H25ClF3N3O2. The van der Waals surface area contributed by atoms with E-state index in [9.17, 15) is 22.8 Å². The molecule has 2 atom stereocenters. The van der Waals surface area contributed by atoms with Gasteiger partial charge in [-0.25, -0.2) is 0 Å². The maximum absolute atomic E-state index is 12.8. The molecule has 0 spiro atoms. The molecule has 0 aromatic heterocycles. The van der Waals surface area contributed by atoms with Gasteiger partial charge in [-0.15, -0.1) is 12.4 Å². The third-order valence-corrected chi connectivity index (χ3v) is 5.59. The number of piperazine rings is 1. The van der Waals surface area contributed by atoms with E-state index >= 15 is 0 Å². The Morgan fingerprint density at radius 1 is 1.07 bits per heavy atom. The van der Waals surface area contributed by atoms with Crippen LogP contribution >= 0.6 is 12.4 Å². The number of amides is 2. The van der Waals surface area contributed by atoms with Gasteiger partial charge in [0.25, 0.3) is 5.91 Å². The number of carbonyl (C=O) groups excluding carboxylic acids is 2. The van der Waals surface area contributed by atoms with Crippen molar-refractivity contribution in [1.29, 1.82) is 0 Å². The van der Waals surface area contributed by atoms with E-state index in [-0.39, 0.29) is 35.7 Å². The number of halogens is 4. The summed E-state index contributed by atoms with van der Waals surface area (Å²) in [6.07, 6.45) is -1.65. The summed E-state index contributed by atoms with van der Waals surface area (Å²) in [6.45, 7) is 1.95. The maximum atomic E-state index is 12.8. The van der Waals surface area contributed by atoms with E-state index in [2.05, 4.69) is 0 Å². The van der Waals surface area contributed by atoms with Crippen molar-refractivity contribution in [2.45, 2.75) is 25.4 Å². The molecule has 1 heterocycles. The highest BCUT2D eigenvalue weighted by molar-refractivity contribution is 5.94. The van der Waals surface area contributed by atoms with E-state index in [1.54, 1.807) is 4.90 Å². The van der Waals surface area contributed by atoms with E-state index < -0.39 is 17.6 Å². The number of nitrogens with zero attached hydrogens (tertiary/aromatic N) is 2. The molecule has 1 aliphatic carbocycles. The first-order chi connectivity index (χ1) is 12.8. The van der Waals surface area contributed by atoms with E-state index in [1.165, 1.54) is 17.0 Å². The van der Waals surface area contributed by atoms with Gasteiger partial charge in [0.1, 0.15) is 0 Å². The van der Waals surface area contributed by atoms with Gasteiger partial charge in [0.2, 0.25) is 5.91 Å². The number of alkyl halides is 3. The maximum Gasteiger partial charge on any atom is 0.416 e. The van der Waals surface area contributed by atoms with Crippen molar-refractivity contribution in [3.63, 3.8) is 0 Å².